The minimum absolute atomic E-state index is 0.0615. The molecule has 0 saturated carbocycles. The third-order valence-electron chi connectivity index (χ3n) is 4.65. The number of carbonyl (C=O) groups excluding carboxylic acids is 1. The molecule has 1 aliphatic heterocycles. The Morgan fingerprint density at radius 3 is 2.43 bits per heavy atom. The molecule has 23 heavy (non-hydrogen) atoms. The van der Waals surface area contributed by atoms with Crippen molar-refractivity contribution in [2.24, 2.45) is 0 Å². The van der Waals surface area contributed by atoms with Crippen molar-refractivity contribution in [3.8, 4) is 0 Å². The van der Waals surface area contributed by atoms with E-state index in [9.17, 15) is 9.59 Å². The van der Waals surface area contributed by atoms with Gasteiger partial charge in [-0.05, 0) is 24.8 Å². The lowest BCUT2D eigenvalue weighted by Gasteiger charge is -2.32. The Hall–Kier alpha value is -1.92. The van der Waals surface area contributed by atoms with E-state index in [0.717, 1.165) is 5.56 Å². The van der Waals surface area contributed by atoms with E-state index in [4.69, 9.17) is 5.11 Å². The number of carboxylic acids is 1. The summed E-state index contributed by atoms with van der Waals surface area (Å²) < 4.78 is 0. The van der Waals surface area contributed by atoms with E-state index in [1.54, 1.807) is 0 Å². The van der Waals surface area contributed by atoms with E-state index in [-0.39, 0.29) is 24.4 Å². The molecule has 2 rings (SSSR count). The molecule has 2 atom stereocenters. The van der Waals surface area contributed by atoms with Crippen LogP contribution in [0.4, 0.5) is 0 Å². The molecular weight excluding hydrogens is 294 g/mol. The van der Waals surface area contributed by atoms with Gasteiger partial charge in [0, 0.05) is 6.04 Å². The summed E-state index contributed by atoms with van der Waals surface area (Å²) in [6, 6.07) is 9.64. The maximum atomic E-state index is 12.5. The van der Waals surface area contributed by atoms with Gasteiger partial charge in [0.2, 0.25) is 5.91 Å². The second-order valence-electron chi connectivity index (χ2n) is 6.09. The van der Waals surface area contributed by atoms with Gasteiger partial charge in [0.05, 0.1) is 12.0 Å². The van der Waals surface area contributed by atoms with Gasteiger partial charge in [-0.15, -0.1) is 0 Å². The molecule has 1 amide bonds. The molecule has 6 nitrogen and oxygen atoms in total. The minimum Gasteiger partial charge on any atom is -0.481 e. The van der Waals surface area contributed by atoms with Crippen LogP contribution in [0, 0.1) is 0 Å². The van der Waals surface area contributed by atoms with Crippen LogP contribution in [0.3, 0.4) is 0 Å². The number of hydrazine groups is 1. The molecule has 1 aliphatic rings. The van der Waals surface area contributed by atoms with Gasteiger partial charge in [-0.2, -0.15) is 0 Å². The van der Waals surface area contributed by atoms with E-state index in [1.807, 2.05) is 44.2 Å². The van der Waals surface area contributed by atoms with Crippen LogP contribution in [-0.4, -0.2) is 28.6 Å². The smallest absolute Gasteiger partial charge is 0.305 e. The Balaban J connectivity index is 1.99. The van der Waals surface area contributed by atoms with E-state index in [2.05, 4.69) is 16.2 Å². The van der Waals surface area contributed by atoms with Crippen molar-refractivity contribution in [2.45, 2.75) is 57.2 Å². The Bertz CT molecular complexity index is 543. The van der Waals surface area contributed by atoms with Gasteiger partial charge >= 0.3 is 5.97 Å². The van der Waals surface area contributed by atoms with Crippen molar-refractivity contribution < 1.29 is 14.7 Å². The van der Waals surface area contributed by atoms with E-state index in [0.29, 0.717) is 19.3 Å². The van der Waals surface area contributed by atoms with Crippen molar-refractivity contribution in [1.29, 1.82) is 0 Å². The molecule has 0 aromatic heterocycles. The quantitative estimate of drug-likeness (QED) is 0.615. The van der Waals surface area contributed by atoms with Crippen molar-refractivity contribution in [3.63, 3.8) is 0 Å². The summed E-state index contributed by atoms with van der Waals surface area (Å²) in [7, 11) is 0. The van der Waals surface area contributed by atoms with Crippen molar-refractivity contribution >= 4 is 11.9 Å². The molecule has 6 heteroatoms. The van der Waals surface area contributed by atoms with Gasteiger partial charge in [-0.3, -0.25) is 9.59 Å². The van der Waals surface area contributed by atoms with Crippen LogP contribution in [-0.2, 0) is 9.59 Å². The maximum absolute atomic E-state index is 12.5. The highest BCUT2D eigenvalue weighted by molar-refractivity contribution is 5.83. The number of hydrogen-bond acceptors (Lipinski definition) is 4. The lowest BCUT2D eigenvalue weighted by atomic mass is 9.88. The molecule has 1 saturated heterocycles. The van der Waals surface area contributed by atoms with Crippen molar-refractivity contribution in [3.05, 3.63) is 35.9 Å². The third-order valence-corrected chi connectivity index (χ3v) is 4.65. The maximum Gasteiger partial charge on any atom is 0.305 e. The highest BCUT2D eigenvalue weighted by Gasteiger charge is 2.36. The first-order chi connectivity index (χ1) is 11.0. The highest BCUT2D eigenvalue weighted by atomic mass is 16.4. The summed E-state index contributed by atoms with van der Waals surface area (Å²) in [6.45, 7) is 3.81. The van der Waals surface area contributed by atoms with Gasteiger partial charge in [-0.25, -0.2) is 10.9 Å². The number of nitrogens with one attached hydrogen (secondary N) is 3. The fraction of sp³-hybridized carbons (Fsp3) is 0.529. The van der Waals surface area contributed by atoms with Gasteiger partial charge in [0.1, 0.15) is 6.04 Å². The zero-order valence-corrected chi connectivity index (χ0v) is 13.6. The second-order valence-corrected chi connectivity index (χ2v) is 6.09. The molecular formula is C17H25N3O3. The monoisotopic (exact) mass is 319 g/mol. The van der Waals surface area contributed by atoms with Crippen LogP contribution in [0.1, 0.15) is 51.1 Å². The number of carboxylic acid groups (broad SMARTS) is 1. The molecule has 0 bridgehead atoms. The number of rotatable bonds is 7. The average Bonchev–Trinajstić information content (AvgIpc) is 3.04. The van der Waals surface area contributed by atoms with E-state index < -0.39 is 11.5 Å². The second kappa shape index (κ2) is 7.57. The van der Waals surface area contributed by atoms with Crippen molar-refractivity contribution in [2.75, 3.05) is 0 Å². The molecule has 0 aliphatic carbocycles. The minimum atomic E-state index is -0.895. The normalized spacial score (nSPS) is 21.1. The standard InChI is InChI=1S/C17H25N3O3/c1-3-17(4-2,11-15(21)22)18-16(23)14-10-13(19-20-14)12-8-6-5-7-9-12/h5-9,13-14,19-20H,3-4,10-11H2,1-2H3,(H,18,23)(H,21,22). The summed E-state index contributed by atoms with van der Waals surface area (Å²) in [5, 5.41) is 12.1. The molecule has 126 valence electrons. The number of amides is 1. The first-order valence-electron chi connectivity index (χ1n) is 8.09. The Morgan fingerprint density at radius 2 is 1.87 bits per heavy atom. The average molecular weight is 319 g/mol. The molecule has 1 heterocycles. The number of benzene rings is 1. The largest absolute Gasteiger partial charge is 0.481 e. The fourth-order valence-electron chi connectivity index (χ4n) is 2.99. The number of carbonyl (C=O) groups is 2. The first-order valence-corrected chi connectivity index (χ1v) is 8.09. The van der Waals surface area contributed by atoms with Crippen LogP contribution in [0.2, 0.25) is 0 Å². The molecule has 1 aromatic carbocycles. The molecule has 2 unspecified atom stereocenters. The van der Waals surface area contributed by atoms with Crippen LogP contribution in [0.25, 0.3) is 0 Å². The van der Waals surface area contributed by atoms with Gasteiger partial charge in [-0.1, -0.05) is 44.2 Å². The summed E-state index contributed by atoms with van der Waals surface area (Å²) in [6.07, 6.45) is 1.74. The molecule has 0 radical (unpaired) electrons. The van der Waals surface area contributed by atoms with Gasteiger partial charge in [0.15, 0.2) is 0 Å². The third kappa shape index (κ3) is 4.30. The topological polar surface area (TPSA) is 90.5 Å². The zero-order chi connectivity index (χ0) is 16.9. The highest BCUT2D eigenvalue weighted by Crippen LogP contribution is 2.24. The van der Waals surface area contributed by atoms with Crippen LogP contribution >= 0.6 is 0 Å². The summed E-state index contributed by atoms with van der Waals surface area (Å²) >= 11 is 0. The molecule has 1 aromatic rings. The van der Waals surface area contributed by atoms with E-state index >= 15 is 0 Å². The summed E-state index contributed by atoms with van der Waals surface area (Å²) in [4.78, 5) is 23.6. The lowest BCUT2D eigenvalue weighted by Crippen LogP contribution is -2.54. The van der Waals surface area contributed by atoms with Crippen LogP contribution in [0.15, 0.2) is 30.3 Å². The summed E-state index contributed by atoms with van der Waals surface area (Å²) in [5.74, 6) is -1.05. The lowest BCUT2D eigenvalue weighted by molar-refractivity contribution is -0.139. The van der Waals surface area contributed by atoms with Crippen LogP contribution < -0.4 is 16.2 Å². The van der Waals surface area contributed by atoms with Crippen molar-refractivity contribution in [1.82, 2.24) is 16.2 Å². The SMILES string of the molecule is CCC(CC)(CC(=O)O)NC(=O)C1CC(c2ccccc2)NN1. The Labute approximate surface area is 136 Å². The Morgan fingerprint density at radius 1 is 1.22 bits per heavy atom. The molecule has 1 fully saturated rings. The zero-order valence-electron chi connectivity index (χ0n) is 13.6. The first kappa shape index (κ1) is 17.4. The Kier molecular flexibility index (Phi) is 5.74. The molecule has 0 spiro atoms. The number of hydrogen-bond donors (Lipinski definition) is 4. The fourth-order valence-corrected chi connectivity index (χ4v) is 2.99. The van der Waals surface area contributed by atoms with E-state index in [1.165, 1.54) is 0 Å². The molecule has 4 N–H and O–H groups in total. The number of aliphatic carboxylic acids is 1. The predicted molar refractivity (Wildman–Crippen MR) is 87.6 cm³/mol. The van der Waals surface area contributed by atoms with Gasteiger partial charge in [0.25, 0.3) is 0 Å². The summed E-state index contributed by atoms with van der Waals surface area (Å²) in [5.41, 5.74) is 6.60. The predicted octanol–water partition coefficient (Wildman–Crippen LogP) is 1.74. The van der Waals surface area contributed by atoms with Gasteiger partial charge < -0.3 is 10.4 Å². The van der Waals surface area contributed by atoms with Crippen LogP contribution in [0.5, 0.6) is 0 Å².